The first-order chi connectivity index (χ1) is 11.0. The molecule has 0 saturated heterocycles. The summed E-state index contributed by atoms with van der Waals surface area (Å²) in [6.45, 7) is 2.66. The minimum Gasteiger partial charge on any atom is -0.331 e. The molecular formula is C16H17N3O3S. The van der Waals surface area contributed by atoms with Crippen LogP contribution in [0, 0.1) is 0 Å². The van der Waals surface area contributed by atoms with Gasteiger partial charge in [0, 0.05) is 25.0 Å². The molecule has 0 bridgehead atoms. The highest BCUT2D eigenvalue weighted by atomic mass is 32.2. The molecule has 2 aliphatic heterocycles. The van der Waals surface area contributed by atoms with Gasteiger partial charge in [0.05, 0.1) is 11.3 Å². The average Bonchev–Trinajstić information content (AvgIpc) is 2.55. The second-order valence-corrected chi connectivity index (χ2v) is 6.96. The van der Waals surface area contributed by atoms with Gasteiger partial charge in [-0.15, -0.1) is 4.40 Å². The third kappa shape index (κ3) is 3.05. The second kappa shape index (κ2) is 6.00. The Labute approximate surface area is 135 Å². The molecule has 3 rings (SSSR count). The molecule has 1 amide bonds. The van der Waals surface area contributed by atoms with E-state index in [1.165, 1.54) is 0 Å². The first-order valence-corrected chi connectivity index (χ1v) is 8.98. The molecule has 0 aromatic heterocycles. The summed E-state index contributed by atoms with van der Waals surface area (Å²) in [5.41, 5.74) is 1.06. The maximum Gasteiger partial charge on any atom is 0.262 e. The Morgan fingerprint density at radius 1 is 1.30 bits per heavy atom. The third-order valence-corrected chi connectivity index (χ3v) is 4.87. The van der Waals surface area contributed by atoms with Crippen LogP contribution in [0.15, 0.2) is 58.7 Å². The molecule has 6 nitrogen and oxygen atoms in total. The topological polar surface area (TPSA) is 70.1 Å². The van der Waals surface area contributed by atoms with Crippen LogP contribution in [-0.2, 0) is 14.8 Å². The smallest absolute Gasteiger partial charge is 0.262 e. The number of anilines is 1. The summed E-state index contributed by atoms with van der Waals surface area (Å²) in [5, 5.41) is 0. The van der Waals surface area contributed by atoms with Crippen LogP contribution in [0.2, 0.25) is 0 Å². The van der Waals surface area contributed by atoms with E-state index in [1.54, 1.807) is 28.2 Å². The van der Waals surface area contributed by atoms with E-state index < -0.39 is 10.0 Å². The Morgan fingerprint density at radius 3 is 2.74 bits per heavy atom. The molecule has 2 aliphatic rings. The van der Waals surface area contributed by atoms with Gasteiger partial charge < -0.3 is 9.80 Å². The van der Waals surface area contributed by atoms with Crippen LogP contribution < -0.4 is 4.90 Å². The molecule has 0 unspecified atom stereocenters. The summed E-state index contributed by atoms with van der Waals surface area (Å²) in [6, 6.07) is 9.28. The minimum absolute atomic E-state index is 0.0432. The van der Waals surface area contributed by atoms with Crippen molar-refractivity contribution in [1.82, 2.24) is 4.90 Å². The van der Waals surface area contributed by atoms with Gasteiger partial charge in [0.1, 0.15) is 0 Å². The average molecular weight is 331 g/mol. The van der Waals surface area contributed by atoms with E-state index in [-0.39, 0.29) is 17.5 Å². The molecule has 0 radical (unpaired) electrons. The highest BCUT2D eigenvalue weighted by Crippen LogP contribution is 2.22. The van der Waals surface area contributed by atoms with Gasteiger partial charge >= 0.3 is 0 Å². The highest BCUT2D eigenvalue weighted by molar-refractivity contribution is 7.90. The van der Waals surface area contributed by atoms with Crippen molar-refractivity contribution in [3.63, 3.8) is 0 Å². The number of carbonyl (C=O) groups excluding carboxylic acids is 1. The lowest BCUT2D eigenvalue weighted by Gasteiger charge is -2.31. The van der Waals surface area contributed by atoms with Gasteiger partial charge in [0.15, 0.2) is 5.84 Å². The van der Waals surface area contributed by atoms with Crippen LogP contribution in [0.3, 0.4) is 0 Å². The molecule has 23 heavy (non-hydrogen) atoms. The number of carbonyl (C=O) groups is 1. The molecule has 0 spiro atoms. The van der Waals surface area contributed by atoms with Crippen molar-refractivity contribution in [2.45, 2.75) is 6.92 Å². The maximum absolute atomic E-state index is 12.9. The molecule has 0 N–H and O–H groups in total. The second-order valence-electron chi connectivity index (χ2n) is 5.20. The molecule has 0 saturated carbocycles. The van der Waals surface area contributed by atoms with Crippen molar-refractivity contribution in [2.24, 2.45) is 4.40 Å². The largest absolute Gasteiger partial charge is 0.331 e. The molecule has 1 aromatic rings. The summed E-state index contributed by atoms with van der Waals surface area (Å²) in [7, 11) is -3.52. The van der Waals surface area contributed by atoms with Crippen molar-refractivity contribution in [1.29, 1.82) is 0 Å². The number of nitrogens with zero attached hydrogens (tertiary/aromatic N) is 3. The Kier molecular flexibility index (Phi) is 4.04. The molecule has 0 fully saturated rings. The highest BCUT2D eigenvalue weighted by Gasteiger charge is 2.32. The molecule has 7 heteroatoms. The standard InChI is InChI=1S/C16H17N3O3S/c1-2-19(13-7-4-3-5-8-13)16(20)14-9-6-10-18-11-12-23(21,22)17-15(14)18/h3-10H,2,11-12H2,1H3. The fraction of sp³-hybridized carbons (Fsp3) is 0.250. The molecule has 2 heterocycles. The van der Waals surface area contributed by atoms with Crippen molar-refractivity contribution >= 4 is 27.5 Å². The van der Waals surface area contributed by atoms with Crippen LogP contribution in [0.4, 0.5) is 5.69 Å². The van der Waals surface area contributed by atoms with E-state index in [9.17, 15) is 13.2 Å². The zero-order chi connectivity index (χ0) is 16.4. The number of para-hydroxylation sites is 1. The SMILES string of the molecule is CCN(C(=O)C1=CC=CN2CCS(=O)(=O)N=C12)c1ccccc1. The van der Waals surface area contributed by atoms with Gasteiger partial charge in [-0.3, -0.25) is 4.79 Å². The third-order valence-electron chi connectivity index (χ3n) is 3.72. The number of amidine groups is 1. The van der Waals surface area contributed by atoms with Gasteiger partial charge in [-0.2, -0.15) is 0 Å². The normalized spacial score (nSPS) is 18.7. The summed E-state index contributed by atoms with van der Waals surface area (Å²) < 4.78 is 27.4. The first-order valence-electron chi connectivity index (χ1n) is 7.37. The van der Waals surface area contributed by atoms with Crippen LogP contribution in [0.5, 0.6) is 0 Å². The van der Waals surface area contributed by atoms with Crippen LogP contribution in [0.25, 0.3) is 0 Å². The minimum atomic E-state index is -3.52. The predicted octanol–water partition coefficient (Wildman–Crippen LogP) is 1.54. The van der Waals surface area contributed by atoms with Gasteiger partial charge in [0.25, 0.3) is 15.9 Å². The molecule has 1 aromatic carbocycles. The quantitative estimate of drug-likeness (QED) is 0.842. The molecular weight excluding hydrogens is 314 g/mol. The maximum atomic E-state index is 12.9. The van der Waals surface area contributed by atoms with Crippen molar-refractivity contribution in [3.8, 4) is 0 Å². The monoisotopic (exact) mass is 331 g/mol. The summed E-state index contributed by atoms with van der Waals surface area (Å²) >= 11 is 0. The van der Waals surface area contributed by atoms with Gasteiger partial charge in [-0.1, -0.05) is 18.2 Å². The number of rotatable bonds is 3. The fourth-order valence-corrected chi connectivity index (χ4v) is 3.57. The van der Waals surface area contributed by atoms with E-state index in [0.717, 1.165) is 5.69 Å². The number of sulfonamides is 1. The first kappa shape index (κ1) is 15.5. The van der Waals surface area contributed by atoms with Crippen molar-refractivity contribution in [2.75, 3.05) is 23.7 Å². The zero-order valence-corrected chi connectivity index (χ0v) is 13.5. The van der Waals surface area contributed by atoms with E-state index in [2.05, 4.69) is 4.40 Å². The van der Waals surface area contributed by atoms with Crippen LogP contribution in [0.1, 0.15) is 6.92 Å². The van der Waals surface area contributed by atoms with E-state index in [0.29, 0.717) is 18.7 Å². The number of benzene rings is 1. The Hall–Kier alpha value is -2.41. The predicted molar refractivity (Wildman–Crippen MR) is 89.6 cm³/mol. The number of fused-ring (bicyclic) bond motifs is 1. The Balaban J connectivity index is 1.99. The van der Waals surface area contributed by atoms with Crippen LogP contribution in [-0.4, -0.2) is 43.9 Å². The lowest BCUT2D eigenvalue weighted by molar-refractivity contribution is -0.114. The Morgan fingerprint density at radius 2 is 2.04 bits per heavy atom. The lowest BCUT2D eigenvalue weighted by Crippen LogP contribution is -2.43. The van der Waals surface area contributed by atoms with Gasteiger partial charge in [-0.05, 0) is 31.2 Å². The summed E-state index contributed by atoms with van der Waals surface area (Å²) in [5.74, 6) is -0.0968. The number of amides is 1. The Bertz CT molecular complexity index is 810. The summed E-state index contributed by atoms with van der Waals surface area (Å²) in [4.78, 5) is 16.2. The number of hydrogen-bond acceptors (Lipinski definition) is 4. The molecule has 0 atom stereocenters. The molecule has 0 aliphatic carbocycles. The van der Waals surface area contributed by atoms with E-state index in [4.69, 9.17) is 0 Å². The van der Waals surface area contributed by atoms with Gasteiger partial charge in [0.2, 0.25) is 0 Å². The summed E-state index contributed by atoms with van der Waals surface area (Å²) in [6.07, 6.45) is 5.09. The zero-order valence-electron chi connectivity index (χ0n) is 12.7. The van der Waals surface area contributed by atoms with E-state index in [1.807, 2.05) is 37.3 Å². The lowest BCUT2D eigenvalue weighted by atomic mass is 10.1. The van der Waals surface area contributed by atoms with E-state index >= 15 is 0 Å². The number of likely N-dealkylation sites (N-methyl/N-ethyl adjacent to an activating group) is 1. The van der Waals surface area contributed by atoms with Crippen molar-refractivity contribution < 1.29 is 13.2 Å². The molecule has 120 valence electrons. The van der Waals surface area contributed by atoms with Crippen molar-refractivity contribution in [3.05, 3.63) is 54.3 Å². The van der Waals surface area contributed by atoms with Gasteiger partial charge in [-0.25, -0.2) is 8.42 Å². The fourth-order valence-electron chi connectivity index (χ4n) is 2.58. The number of hydrogen-bond donors (Lipinski definition) is 0. The van der Waals surface area contributed by atoms with Crippen LogP contribution >= 0.6 is 0 Å². The number of allylic oxidation sites excluding steroid dienone is 2.